The van der Waals surface area contributed by atoms with Gasteiger partial charge in [-0.15, -0.1) is 0 Å². The first-order valence-corrected chi connectivity index (χ1v) is 7.71. The van der Waals surface area contributed by atoms with E-state index in [0.29, 0.717) is 18.5 Å². The van der Waals surface area contributed by atoms with Gasteiger partial charge in [0.1, 0.15) is 5.02 Å². The summed E-state index contributed by atoms with van der Waals surface area (Å²) in [6.07, 6.45) is 4.68. The lowest BCUT2D eigenvalue weighted by Crippen LogP contribution is -2.43. The molecule has 1 saturated carbocycles. The zero-order valence-corrected chi connectivity index (χ0v) is 13.3. The number of nitro benzene ring substituents is 1. The first-order chi connectivity index (χ1) is 9.95. The monoisotopic (exact) mass is 311 g/mol. The Hall–Kier alpha value is -1.33. The molecule has 2 unspecified atom stereocenters. The minimum Gasteiger partial charge on any atom is -0.371 e. The second kappa shape index (κ2) is 6.62. The van der Waals surface area contributed by atoms with Crippen molar-refractivity contribution < 1.29 is 4.92 Å². The van der Waals surface area contributed by atoms with E-state index in [1.54, 1.807) is 12.1 Å². The lowest BCUT2D eigenvalue weighted by Gasteiger charge is -2.39. The van der Waals surface area contributed by atoms with Crippen LogP contribution in [0.1, 0.15) is 31.2 Å². The fourth-order valence-electron chi connectivity index (χ4n) is 3.33. The maximum atomic E-state index is 10.9. The van der Waals surface area contributed by atoms with Crippen LogP contribution in [-0.2, 0) is 0 Å². The summed E-state index contributed by atoms with van der Waals surface area (Å²) in [7, 11) is 2.03. The van der Waals surface area contributed by atoms with Gasteiger partial charge in [0.15, 0.2) is 0 Å². The number of benzene rings is 1. The molecule has 2 rings (SSSR count). The fourth-order valence-corrected chi connectivity index (χ4v) is 3.55. The molecule has 21 heavy (non-hydrogen) atoms. The third-order valence-electron chi connectivity index (χ3n) is 4.51. The van der Waals surface area contributed by atoms with Crippen LogP contribution in [-0.4, -0.2) is 24.6 Å². The van der Waals surface area contributed by atoms with E-state index in [9.17, 15) is 10.1 Å². The summed E-state index contributed by atoms with van der Waals surface area (Å²) in [4.78, 5) is 12.7. The molecule has 0 aromatic heterocycles. The molecule has 1 fully saturated rings. The third kappa shape index (κ3) is 3.30. The van der Waals surface area contributed by atoms with Gasteiger partial charge >= 0.3 is 0 Å². The van der Waals surface area contributed by atoms with Gasteiger partial charge in [0.25, 0.3) is 5.69 Å². The topological polar surface area (TPSA) is 72.4 Å². The third-order valence-corrected chi connectivity index (χ3v) is 4.81. The minimum absolute atomic E-state index is 0.0367. The highest BCUT2D eigenvalue weighted by Gasteiger charge is 2.29. The van der Waals surface area contributed by atoms with Crippen molar-refractivity contribution in [3.8, 4) is 0 Å². The predicted molar refractivity (Wildman–Crippen MR) is 86.0 cm³/mol. The van der Waals surface area contributed by atoms with Gasteiger partial charge in [-0.25, -0.2) is 0 Å². The molecule has 6 heteroatoms. The minimum atomic E-state index is -0.442. The molecule has 0 radical (unpaired) electrons. The summed E-state index contributed by atoms with van der Waals surface area (Å²) in [5.74, 6) is 0.470. The molecule has 0 bridgehead atoms. The van der Waals surface area contributed by atoms with E-state index in [0.717, 1.165) is 24.1 Å². The van der Waals surface area contributed by atoms with Crippen LogP contribution in [0.4, 0.5) is 11.4 Å². The fraction of sp³-hybridized carbons (Fsp3) is 0.600. The van der Waals surface area contributed by atoms with Gasteiger partial charge in [0, 0.05) is 24.8 Å². The molecule has 0 aliphatic heterocycles. The Labute approximate surface area is 130 Å². The molecule has 1 aliphatic rings. The number of hydrogen-bond acceptors (Lipinski definition) is 4. The molecule has 1 aliphatic carbocycles. The van der Waals surface area contributed by atoms with Crippen molar-refractivity contribution >= 4 is 23.0 Å². The van der Waals surface area contributed by atoms with Crippen molar-refractivity contribution in [2.24, 2.45) is 11.7 Å². The standard InChI is InChI=1S/C15H22ClN3O2/c1-10-7-15(19(20)21)12(16)8-14(10)18(2)13-6-4-3-5-11(13)9-17/h7-8,11,13H,3-6,9,17H2,1-2H3. The van der Waals surface area contributed by atoms with Gasteiger partial charge < -0.3 is 10.6 Å². The maximum absolute atomic E-state index is 10.9. The molecule has 0 heterocycles. The zero-order chi connectivity index (χ0) is 15.6. The van der Waals surface area contributed by atoms with Gasteiger partial charge in [-0.2, -0.15) is 0 Å². The number of nitrogens with two attached hydrogens (primary N) is 1. The van der Waals surface area contributed by atoms with Gasteiger partial charge in [-0.1, -0.05) is 24.4 Å². The molecule has 0 spiro atoms. The van der Waals surface area contributed by atoms with Gasteiger partial charge in [-0.05, 0) is 43.9 Å². The van der Waals surface area contributed by atoms with Crippen LogP contribution in [0.3, 0.4) is 0 Å². The summed E-state index contributed by atoms with van der Waals surface area (Å²) in [5, 5.41) is 11.1. The lowest BCUT2D eigenvalue weighted by molar-refractivity contribution is -0.384. The second-order valence-electron chi connectivity index (χ2n) is 5.81. The van der Waals surface area contributed by atoms with Crippen LogP contribution in [0.5, 0.6) is 0 Å². The predicted octanol–water partition coefficient (Wildman–Crippen LogP) is 3.51. The SMILES string of the molecule is Cc1cc([N+](=O)[O-])c(Cl)cc1N(C)C1CCCCC1CN. The molecule has 2 atom stereocenters. The molecule has 116 valence electrons. The van der Waals surface area contributed by atoms with Crippen molar-refractivity contribution in [1.29, 1.82) is 0 Å². The van der Waals surface area contributed by atoms with Crippen molar-refractivity contribution in [3.63, 3.8) is 0 Å². The van der Waals surface area contributed by atoms with Gasteiger partial charge in [-0.3, -0.25) is 10.1 Å². The quantitative estimate of drug-likeness (QED) is 0.682. The maximum Gasteiger partial charge on any atom is 0.288 e. The summed E-state index contributed by atoms with van der Waals surface area (Å²) in [6.45, 7) is 2.56. The molecule has 2 N–H and O–H groups in total. The number of anilines is 1. The Bertz CT molecular complexity index is 536. The van der Waals surface area contributed by atoms with Crippen molar-refractivity contribution in [2.45, 2.75) is 38.6 Å². The highest BCUT2D eigenvalue weighted by atomic mass is 35.5. The van der Waals surface area contributed by atoms with Crippen molar-refractivity contribution in [1.82, 2.24) is 0 Å². The van der Waals surface area contributed by atoms with E-state index >= 15 is 0 Å². The highest BCUT2D eigenvalue weighted by molar-refractivity contribution is 6.33. The number of nitrogens with zero attached hydrogens (tertiary/aromatic N) is 2. The van der Waals surface area contributed by atoms with E-state index in [1.807, 2.05) is 14.0 Å². The summed E-state index contributed by atoms with van der Waals surface area (Å²) >= 11 is 6.06. The Morgan fingerprint density at radius 2 is 2.10 bits per heavy atom. The van der Waals surface area contributed by atoms with E-state index in [2.05, 4.69) is 4.90 Å². The molecule has 0 amide bonds. The van der Waals surface area contributed by atoms with Gasteiger partial charge in [0.05, 0.1) is 4.92 Å². The number of rotatable bonds is 4. The first kappa shape index (κ1) is 16.0. The number of halogens is 1. The summed E-state index contributed by atoms with van der Waals surface area (Å²) in [5.41, 5.74) is 7.69. The Balaban J connectivity index is 2.32. The van der Waals surface area contributed by atoms with Crippen LogP contribution >= 0.6 is 11.6 Å². The van der Waals surface area contributed by atoms with Crippen molar-refractivity contribution in [2.75, 3.05) is 18.5 Å². The Kier molecular flexibility index (Phi) is 5.06. The van der Waals surface area contributed by atoms with E-state index in [-0.39, 0.29) is 10.7 Å². The van der Waals surface area contributed by atoms with Crippen molar-refractivity contribution in [3.05, 3.63) is 32.8 Å². The molecule has 1 aromatic rings. The summed E-state index contributed by atoms with van der Waals surface area (Å²) in [6, 6.07) is 3.63. The average Bonchev–Trinajstić information content (AvgIpc) is 2.48. The molecular formula is C15H22ClN3O2. The Morgan fingerprint density at radius 1 is 1.43 bits per heavy atom. The van der Waals surface area contributed by atoms with Crippen LogP contribution in [0, 0.1) is 23.0 Å². The van der Waals surface area contributed by atoms with Crippen LogP contribution in [0.25, 0.3) is 0 Å². The molecule has 0 saturated heterocycles. The van der Waals surface area contributed by atoms with Crippen LogP contribution < -0.4 is 10.6 Å². The van der Waals surface area contributed by atoms with E-state index in [1.165, 1.54) is 12.8 Å². The van der Waals surface area contributed by atoms with Crippen LogP contribution in [0.15, 0.2) is 12.1 Å². The largest absolute Gasteiger partial charge is 0.371 e. The van der Waals surface area contributed by atoms with Gasteiger partial charge in [0.2, 0.25) is 0 Å². The smallest absolute Gasteiger partial charge is 0.288 e. The van der Waals surface area contributed by atoms with E-state index in [4.69, 9.17) is 17.3 Å². The number of hydrogen-bond donors (Lipinski definition) is 1. The first-order valence-electron chi connectivity index (χ1n) is 7.33. The lowest BCUT2D eigenvalue weighted by atomic mass is 9.83. The highest BCUT2D eigenvalue weighted by Crippen LogP contribution is 2.36. The molecular weight excluding hydrogens is 290 g/mol. The number of aryl methyl sites for hydroxylation is 1. The van der Waals surface area contributed by atoms with Crippen LogP contribution in [0.2, 0.25) is 5.02 Å². The molecule has 1 aromatic carbocycles. The van der Waals surface area contributed by atoms with E-state index < -0.39 is 4.92 Å². The summed E-state index contributed by atoms with van der Waals surface area (Å²) < 4.78 is 0. The molecule has 5 nitrogen and oxygen atoms in total. The number of nitro groups is 1. The zero-order valence-electron chi connectivity index (χ0n) is 12.5. The Morgan fingerprint density at radius 3 is 2.71 bits per heavy atom. The average molecular weight is 312 g/mol. The normalized spacial score (nSPS) is 22.1. The second-order valence-corrected chi connectivity index (χ2v) is 6.21.